The van der Waals surface area contributed by atoms with Gasteiger partial charge in [-0.05, 0) is 80.0 Å². The highest BCUT2D eigenvalue weighted by Gasteiger charge is 2.58. The van der Waals surface area contributed by atoms with Gasteiger partial charge in [0.05, 0.1) is 13.2 Å². The summed E-state index contributed by atoms with van der Waals surface area (Å²) >= 11 is 0. The number of alkyl halides is 2. The Hall–Kier alpha value is -0.220. The molecule has 0 amide bonds. The van der Waals surface area contributed by atoms with Gasteiger partial charge in [-0.2, -0.15) is 0 Å². The topological polar surface area (TPSA) is 18.5 Å². The second-order valence-corrected chi connectivity index (χ2v) is 9.61. The van der Waals surface area contributed by atoms with Gasteiger partial charge in [0.2, 0.25) is 6.43 Å². The standard InChI is InChI=1S/C20H32F2O2/c21-18(22)11-19-7-16-6-17(8-19)10-20(9-16,13-19)14-24-23-12-15-4-2-1-3-5-15/h15-18H,1-14H2. The zero-order valence-corrected chi connectivity index (χ0v) is 14.8. The van der Waals surface area contributed by atoms with Crippen LogP contribution in [0.4, 0.5) is 8.78 Å². The molecule has 2 atom stereocenters. The molecule has 4 heteroatoms. The lowest BCUT2D eigenvalue weighted by Crippen LogP contribution is -2.54. The van der Waals surface area contributed by atoms with Crippen LogP contribution >= 0.6 is 0 Å². The van der Waals surface area contributed by atoms with Crippen LogP contribution in [-0.2, 0) is 9.78 Å². The summed E-state index contributed by atoms with van der Waals surface area (Å²) < 4.78 is 26.3. The van der Waals surface area contributed by atoms with Crippen LogP contribution in [0, 0.1) is 28.6 Å². The van der Waals surface area contributed by atoms with Gasteiger partial charge in [-0.3, -0.25) is 0 Å². The monoisotopic (exact) mass is 342 g/mol. The van der Waals surface area contributed by atoms with Gasteiger partial charge in [0.25, 0.3) is 0 Å². The Labute approximate surface area is 144 Å². The van der Waals surface area contributed by atoms with Gasteiger partial charge in [0.1, 0.15) is 0 Å². The average molecular weight is 342 g/mol. The van der Waals surface area contributed by atoms with Crippen molar-refractivity contribution >= 4 is 0 Å². The molecule has 0 radical (unpaired) electrons. The molecule has 2 unspecified atom stereocenters. The number of rotatable bonds is 7. The smallest absolute Gasteiger partial charge is 0.236 e. The van der Waals surface area contributed by atoms with E-state index in [1.54, 1.807) is 0 Å². The first-order valence-corrected chi connectivity index (χ1v) is 10.1. The molecule has 5 aliphatic rings. The lowest BCUT2D eigenvalue weighted by Gasteiger charge is -2.62. The normalized spacial score (nSPS) is 42.1. The quantitative estimate of drug-likeness (QED) is 0.333. The van der Waals surface area contributed by atoms with E-state index in [2.05, 4.69) is 0 Å². The fraction of sp³-hybridized carbons (Fsp3) is 1.00. The molecule has 0 spiro atoms. The molecule has 0 saturated heterocycles. The van der Waals surface area contributed by atoms with E-state index in [0.29, 0.717) is 31.0 Å². The van der Waals surface area contributed by atoms with E-state index in [1.807, 2.05) is 0 Å². The van der Waals surface area contributed by atoms with Crippen molar-refractivity contribution in [1.29, 1.82) is 0 Å². The molecule has 0 aromatic rings. The van der Waals surface area contributed by atoms with Gasteiger partial charge in [-0.25, -0.2) is 18.6 Å². The van der Waals surface area contributed by atoms with Crippen molar-refractivity contribution in [3.05, 3.63) is 0 Å². The van der Waals surface area contributed by atoms with Gasteiger partial charge in [0, 0.05) is 6.42 Å². The van der Waals surface area contributed by atoms with E-state index >= 15 is 0 Å². The van der Waals surface area contributed by atoms with Crippen molar-refractivity contribution in [1.82, 2.24) is 0 Å². The highest BCUT2D eigenvalue weighted by Crippen LogP contribution is 2.66. The third-order valence-electron chi connectivity index (χ3n) is 7.37. The van der Waals surface area contributed by atoms with Crippen molar-refractivity contribution in [3.63, 3.8) is 0 Å². The maximum Gasteiger partial charge on any atom is 0.239 e. The van der Waals surface area contributed by atoms with Crippen LogP contribution in [0.3, 0.4) is 0 Å². The zero-order chi connectivity index (χ0) is 16.6. The third kappa shape index (κ3) is 3.65. The summed E-state index contributed by atoms with van der Waals surface area (Å²) in [6.45, 7) is 1.34. The molecule has 0 heterocycles. The van der Waals surface area contributed by atoms with Crippen molar-refractivity contribution in [2.24, 2.45) is 28.6 Å². The summed E-state index contributed by atoms with van der Waals surface area (Å²) in [7, 11) is 0. The predicted octanol–water partition coefficient (Wildman–Crippen LogP) is 5.76. The van der Waals surface area contributed by atoms with Crippen LogP contribution in [-0.4, -0.2) is 19.6 Å². The maximum atomic E-state index is 13.1. The lowest BCUT2D eigenvalue weighted by molar-refractivity contribution is -0.329. The summed E-state index contributed by atoms with van der Waals surface area (Å²) in [6.07, 6.45) is 11.0. The van der Waals surface area contributed by atoms with Crippen LogP contribution in [0.5, 0.6) is 0 Å². The minimum absolute atomic E-state index is 0.102. The van der Waals surface area contributed by atoms with Gasteiger partial charge in [-0.15, -0.1) is 0 Å². The van der Waals surface area contributed by atoms with E-state index in [4.69, 9.17) is 9.78 Å². The number of halogens is 2. The minimum Gasteiger partial charge on any atom is -0.236 e. The van der Waals surface area contributed by atoms with Crippen LogP contribution in [0.25, 0.3) is 0 Å². The molecule has 24 heavy (non-hydrogen) atoms. The van der Waals surface area contributed by atoms with E-state index in [1.165, 1.54) is 51.4 Å². The summed E-state index contributed by atoms with van der Waals surface area (Å²) in [6, 6.07) is 0. The van der Waals surface area contributed by atoms with E-state index in [9.17, 15) is 8.78 Å². The molecule has 138 valence electrons. The Kier molecular flexibility index (Phi) is 4.90. The van der Waals surface area contributed by atoms with Crippen LogP contribution in [0.1, 0.15) is 77.0 Å². The first kappa shape index (κ1) is 17.2. The second kappa shape index (κ2) is 6.83. The summed E-state index contributed by atoms with van der Waals surface area (Å²) in [4.78, 5) is 11.3. The van der Waals surface area contributed by atoms with Gasteiger partial charge < -0.3 is 0 Å². The average Bonchev–Trinajstić information content (AvgIpc) is 2.50. The number of hydrogen-bond acceptors (Lipinski definition) is 2. The van der Waals surface area contributed by atoms with Crippen molar-refractivity contribution in [2.45, 2.75) is 83.5 Å². The first-order chi connectivity index (χ1) is 11.6. The number of hydrogen-bond donors (Lipinski definition) is 0. The fourth-order valence-electron chi connectivity index (χ4n) is 7.05. The van der Waals surface area contributed by atoms with Crippen molar-refractivity contribution in [3.8, 4) is 0 Å². The van der Waals surface area contributed by atoms with Crippen LogP contribution in [0.2, 0.25) is 0 Å². The molecular formula is C20H32F2O2. The van der Waals surface area contributed by atoms with Crippen LogP contribution in [0.15, 0.2) is 0 Å². The summed E-state index contributed by atoms with van der Waals surface area (Å²) in [5.74, 6) is 1.94. The molecule has 5 fully saturated rings. The molecule has 2 nitrogen and oxygen atoms in total. The van der Waals surface area contributed by atoms with Gasteiger partial charge in [-0.1, -0.05) is 19.3 Å². The molecular weight excluding hydrogens is 310 g/mol. The highest BCUT2D eigenvalue weighted by molar-refractivity contribution is 5.07. The second-order valence-electron chi connectivity index (χ2n) is 9.61. The molecule has 4 bridgehead atoms. The Balaban J connectivity index is 1.31. The molecule has 0 aromatic heterocycles. The predicted molar refractivity (Wildman–Crippen MR) is 88.6 cm³/mol. The van der Waals surface area contributed by atoms with Crippen molar-refractivity contribution < 1.29 is 18.6 Å². The molecule has 5 aliphatic carbocycles. The Bertz CT molecular complexity index is 414. The Morgan fingerprint density at radius 3 is 2.21 bits per heavy atom. The summed E-state index contributed by atoms with van der Waals surface area (Å²) in [5.41, 5.74) is 0.0104. The van der Waals surface area contributed by atoms with E-state index < -0.39 is 6.43 Å². The zero-order valence-electron chi connectivity index (χ0n) is 14.8. The van der Waals surface area contributed by atoms with Gasteiger partial charge in [0.15, 0.2) is 0 Å². The van der Waals surface area contributed by atoms with E-state index in [0.717, 1.165) is 19.3 Å². The molecule has 0 aliphatic heterocycles. The van der Waals surface area contributed by atoms with E-state index in [-0.39, 0.29) is 17.3 Å². The molecule has 5 rings (SSSR count). The van der Waals surface area contributed by atoms with Crippen LogP contribution < -0.4 is 0 Å². The molecule has 0 aromatic carbocycles. The maximum absolute atomic E-state index is 13.1. The van der Waals surface area contributed by atoms with Gasteiger partial charge >= 0.3 is 0 Å². The van der Waals surface area contributed by atoms with Crippen molar-refractivity contribution in [2.75, 3.05) is 13.2 Å². The largest absolute Gasteiger partial charge is 0.239 e. The molecule has 5 saturated carbocycles. The fourth-order valence-corrected chi connectivity index (χ4v) is 7.05. The summed E-state index contributed by atoms with van der Waals surface area (Å²) in [5, 5.41) is 0. The Morgan fingerprint density at radius 2 is 1.54 bits per heavy atom. The SMILES string of the molecule is FC(F)CC12CC3CC(CC(COOCC4CCCCC4)(C3)C1)C2. The third-order valence-corrected chi connectivity index (χ3v) is 7.37. The first-order valence-electron chi connectivity index (χ1n) is 10.1. The minimum atomic E-state index is -2.17. The highest BCUT2D eigenvalue weighted by atomic mass is 19.3. The molecule has 0 N–H and O–H groups in total. The Morgan fingerprint density at radius 1 is 0.875 bits per heavy atom. The lowest BCUT2D eigenvalue weighted by atomic mass is 9.44.